The minimum Gasteiger partial charge on any atom is -0.508 e. The Morgan fingerprint density at radius 1 is 1.27 bits per heavy atom. The maximum atomic E-state index is 9.17. The number of aryl methyl sites for hydroxylation is 1. The second-order valence-electron chi connectivity index (χ2n) is 3.27. The monoisotopic (exact) mass is 204 g/mol. The van der Waals surface area contributed by atoms with Crippen molar-refractivity contribution in [3.8, 4) is 11.4 Å². The molecule has 1 heterocycles. The molecule has 78 valence electrons. The summed E-state index contributed by atoms with van der Waals surface area (Å²) in [6, 6.07) is 6.80. The summed E-state index contributed by atoms with van der Waals surface area (Å²) in [6.45, 7) is 2.08. The lowest BCUT2D eigenvalue weighted by molar-refractivity contribution is 0.475. The van der Waals surface area contributed by atoms with Crippen molar-refractivity contribution in [2.75, 3.05) is 0 Å². The molecule has 0 spiro atoms. The molecule has 0 aliphatic heterocycles. The van der Waals surface area contributed by atoms with Crippen LogP contribution in [-0.4, -0.2) is 25.3 Å². The lowest BCUT2D eigenvalue weighted by Crippen LogP contribution is -2.02. The molecule has 1 N–H and O–H groups in total. The van der Waals surface area contributed by atoms with Crippen LogP contribution in [0.1, 0.15) is 19.2 Å². The first kappa shape index (κ1) is 9.64. The molecule has 0 aliphatic carbocycles. The van der Waals surface area contributed by atoms with Crippen LogP contribution >= 0.6 is 0 Å². The number of rotatable bonds is 3. The second-order valence-corrected chi connectivity index (χ2v) is 3.27. The first-order chi connectivity index (χ1) is 7.31. The topological polar surface area (TPSA) is 63.8 Å². The van der Waals surface area contributed by atoms with Gasteiger partial charge in [-0.25, -0.2) is 0 Å². The van der Waals surface area contributed by atoms with E-state index >= 15 is 0 Å². The normalized spacial score (nSPS) is 10.5. The van der Waals surface area contributed by atoms with E-state index in [1.165, 1.54) is 0 Å². The predicted octanol–water partition coefficient (Wildman–Crippen LogP) is 1.32. The van der Waals surface area contributed by atoms with E-state index < -0.39 is 0 Å². The minimum absolute atomic E-state index is 0.240. The van der Waals surface area contributed by atoms with Crippen LogP contribution in [0.15, 0.2) is 24.3 Å². The molecule has 0 bridgehead atoms. The van der Waals surface area contributed by atoms with Crippen molar-refractivity contribution in [1.29, 1.82) is 0 Å². The molecule has 0 unspecified atom stereocenters. The van der Waals surface area contributed by atoms with Crippen molar-refractivity contribution in [3.05, 3.63) is 30.1 Å². The number of aromatic nitrogens is 4. The number of hydrogen-bond donors (Lipinski definition) is 1. The SMILES string of the molecule is CCCc1nnnn1-c1ccc(O)cc1. The van der Waals surface area contributed by atoms with Gasteiger partial charge in [-0.05, 0) is 41.1 Å². The summed E-state index contributed by atoms with van der Waals surface area (Å²) in [5.74, 6) is 1.08. The van der Waals surface area contributed by atoms with E-state index in [1.54, 1.807) is 28.9 Å². The third kappa shape index (κ3) is 1.96. The smallest absolute Gasteiger partial charge is 0.156 e. The summed E-state index contributed by atoms with van der Waals surface area (Å²) in [5.41, 5.74) is 0.862. The summed E-state index contributed by atoms with van der Waals surface area (Å²) in [6.07, 6.45) is 1.84. The van der Waals surface area contributed by atoms with Gasteiger partial charge in [-0.3, -0.25) is 0 Å². The maximum absolute atomic E-state index is 9.17. The minimum atomic E-state index is 0.240. The zero-order valence-corrected chi connectivity index (χ0v) is 8.46. The largest absolute Gasteiger partial charge is 0.508 e. The van der Waals surface area contributed by atoms with Crippen molar-refractivity contribution >= 4 is 0 Å². The van der Waals surface area contributed by atoms with Crippen LogP contribution in [0.4, 0.5) is 0 Å². The van der Waals surface area contributed by atoms with Gasteiger partial charge in [-0.1, -0.05) is 6.92 Å². The molecule has 1 aromatic heterocycles. The number of tetrazole rings is 1. The molecule has 15 heavy (non-hydrogen) atoms. The van der Waals surface area contributed by atoms with Gasteiger partial charge in [0.15, 0.2) is 5.82 Å². The molecule has 0 saturated heterocycles. The van der Waals surface area contributed by atoms with Crippen LogP contribution in [0.25, 0.3) is 5.69 Å². The van der Waals surface area contributed by atoms with Crippen LogP contribution in [0.2, 0.25) is 0 Å². The van der Waals surface area contributed by atoms with Gasteiger partial charge in [0.1, 0.15) is 5.75 Å². The number of phenols is 1. The Balaban J connectivity index is 2.36. The summed E-state index contributed by atoms with van der Waals surface area (Å²) in [4.78, 5) is 0. The Kier molecular flexibility index (Phi) is 2.62. The highest BCUT2D eigenvalue weighted by Gasteiger charge is 2.06. The van der Waals surface area contributed by atoms with E-state index in [4.69, 9.17) is 5.11 Å². The van der Waals surface area contributed by atoms with Gasteiger partial charge in [-0.2, -0.15) is 4.68 Å². The fourth-order valence-corrected chi connectivity index (χ4v) is 1.38. The molecular formula is C10H12N4O. The summed E-state index contributed by atoms with van der Waals surface area (Å²) in [7, 11) is 0. The van der Waals surface area contributed by atoms with Gasteiger partial charge in [0.2, 0.25) is 0 Å². The highest BCUT2D eigenvalue weighted by molar-refractivity contribution is 5.36. The lowest BCUT2D eigenvalue weighted by atomic mass is 10.3. The molecule has 0 saturated carbocycles. The third-order valence-electron chi connectivity index (χ3n) is 2.10. The molecule has 2 rings (SSSR count). The van der Waals surface area contributed by atoms with E-state index in [1.807, 2.05) is 0 Å². The lowest BCUT2D eigenvalue weighted by Gasteiger charge is -2.02. The summed E-state index contributed by atoms with van der Waals surface area (Å²) >= 11 is 0. The van der Waals surface area contributed by atoms with E-state index in [-0.39, 0.29) is 5.75 Å². The Morgan fingerprint density at radius 2 is 2.00 bits per heavy atom. The van der Waals surface area contributed by atoms with Crippen LogP contribution < -0.4 is 0 Å². The quantitative estimate of drug-likeness (QED) is 0.819. The average molecular weight is 204 g/mol. The average Bonchev–Trinajstić information content (AvgIpc) is 2.68. The molecule has 1 aromatic carbocycles. The number of benzene rings is 1. The predicted molar refractivity (Wildman–Crippen MR) is 54.8 cm³/mol. The van der Waals surface area contributed by atoms with Crippen LogP contribution in [0, 0.1) is 0 Å². The molecule has 0 amide bonds. The van der Waals surface area contributed by atoms with Crippen LogP contribution in [0.3, 0.4) is 0 Å². The summed E-state index contributed by atoms with van der Waals surface area (Å²) < 4.78 is 1.68. The summed E-state index contributed by atoms with van der Waals surface area (Å²) in [5, 5.41) is 20.7. The molecule has 5 heteroatoms. The maximum Gasteiger partial charge on any atom is 0.156 e. The first-order valence-electron chi connectivity index (χ1n) is 4.88. The Labute approximate surface area is 87.4 Å². The Bertz CT molecular complexity index is 435. The van der Waals surface area contributed by atoms with Gasteiger partial charge < -0.3 is 5.11 Å². The number of aromatic hydroxyl groups is 1. The Morgan fingerprint density at radius 3 is 2.67 bits per heavy atom. The highest BCUT2D eigenvalue weighted by Crippen LogP contribution is 2.13. The van der Waals surface area contributed by atoms with Gasteiger partial charge >= 0.3 is 0 Å². The molecule has 0 radical (unpaired) electrons. The highest BCUT2D eigenvalue weighted by atomic mass is 16.3. The van der Waals surface area contributed by atoms with Gasteiger partial charge in [0.25, 0.3) is 0 Å². The molecule has 0 atom stereocenters. The van der Waals surface area contributed by atoms with Crippen molar-refractivity contribution in [2.24, 2.45) is 0 Å². The molecule has 0 fully saturated rings. The molecular weight excluding hydrogens is 192 g/mol. The standard InChI is InChI=1S/C10H12N4O/c1-2-3-10-11-12-13-14(10)8-4-6-9(15)7-5-8/h4-7,15H,2-3H2,1H3. The zero-order valence-electron chi connectivity index (χ0n) is 8.46. The molecule has 5 nitrogen and oxygen atoms in total. The van der Waals surface area contributed by atoms with E-state index in [9.17, 15) is 0 Å². The van der Waals surface area contributed by atoms with Gasteiger partial charge in [0, 0.05) is 6.42 Å². The fraction of sp³-hybridized carbons (Fsp3) is 0.300. The van der Waals surface area contributed by atoms with Crippen molar-refractivity contribution in [2.45, 2.75) is 19.8 Å². The fourth-order valence-electron chi connectivity index (χ4n) is 1.38. The molecule has 2 aromatic rings. The third-order valence-corrected chi connectivity index (χ3v) is 2.10. The van der Waals surface area contributed by atoms with Gasteiger partial charge in [0.05, 0.1) is 5.69 Å². The van der Waals surface area contributed by atoms with E-state index in [0.29, 0.717) is 0 Å². The van der Waals surface area contributed by atoms with Crippen molar-refractivity contribution in [3.63, 3.8) is 0 Å². The zero-order chi connectivity index (χ0) is 10.7. The van der Waals surface area contributed by atoms with Crippen molar-refractivity contribution in [1.82, 2.24) is 20.2 Å². The number of phenolic OH excluding ortho intramolecular Hbond substituents is 1. The number of hydrogen-bond acceptors (Lipinski definition) is 4. The second kappa shape index (κ2) is 4.08. The van der Waals surface area contributed by atoms with Crippen LogP contribution in [0.5, 0.6) is 5.75 Å². The van der Waals surface area contributed by atoms with E-state index in [2.05, 4.69) is 22.4 Å². The van der Waals surface area contributed by atoms with Crippen molar-refractivity contribution < 1.29 is 5.11 Å². The van der Waals surface area contributed by atoms with Gasteiger partial charge in [-0.15, -0.1) is 5.10 Å². The Hall–Kier alpha value is -1.91. The van der Waals surface area contributed by atoms with E-state index in [0.717, 1.165) is 24.4 Å². The van der Waals surface area contributed by atoms with Crippen LogP contribution in [-0.2, 0) is 6.42 Å². The first-order valence-corrected chi connectivity index (χ1v) is 4.88. The molecule has 0 aliphatic rings. The number of nitrogens with zero attached hydrogens (tertiary/aromatic N) is 4.